The number of nitrogens with zero attached hydrogens (tertiary/aromatic N) is 2. The third-order valence-electron chi connectivity index (χ3n) is 6.69. The number of benzene rings is 4. The Labute approximate surface area is 266 Å². The van der Waals surface area contributed by atoms with Crippen LogP contribution < -0.4 is 4.72 Å². The third kappa shape index (κ3) is 7.39. The summed E-state index contributed by atoms with van der Waals surface area (Å²) in [6.45, 7) is 0.248. The van der Waals surface area contributed by atoms with Crippen LogP contribution in [0.15, 0.2) is 97.2 Å². The Hall–Kier alpha value is -4.58. The number of nitrogens with one attached hydrogen (secondary N) is 1. The molecule has 0 fully saturated rings. The summed E-state index contributed by atoms with van der Waals surface area (Å²) in [5.41, 5.74) is -2.60. The first-order chi connectivity index (χ1) is 21.3. The van der Waals surface area contributed by atoms with Crippen LogP contribution >= 0.6 is 23.2 Å². The Morgan fingerprint density at radius 3 is 2.27 bits per heavy atom. The van der Waals surface area contributed by atoms with E-state index in [0.29, 0.717) is 38.3 Å². The normalized spacial score (nSPS) is 12.0. The minimum atomic E-state index is -5.73. The molecule has 4 aromatic carbocycles. The number of rotatable bonds is 9. The fourth-order valence-corrected chi connectivity index (χ4v) is 5.52. The monoisotopic (exact) mass is 671 g/mol. The maximum atomic E-state index is 13.3. The summed E-state index contributed by atoms with van der Waals surface area (Å²) in [5, 5.41) is 10.00. The molecule has 0 bridgehead atoms. The first-order valence-electron chi connectivity index (χ1n) is 13.1. The third-order valence-corrected chi connectivity index (χ3v) is 8.34. The summed E-state index contributed by atoms with van der Waals surface area (Å²) in [5.74, 6) is -0.710. The van der Waals surface area contributed by atoms with E-state index in [4.69, 9.17) is 23.2 Å². The lowest BCUT2D eigenvalue weighted by Gasteiger charge is -2.14. The highest BCUT2D eigenvalue weighted by Crippen LogP contribution is 2.33. The lowest BCUT2D eigenvalue weighted by molar-refractivity contribution is -0.0429. The zero-order valence-corrected chi connectivity index (χ0v) is 25.3. The molecule has 1 heterocycles. The van der Waals surface area contributed by atoms with E-state index in [2.05, 4.69) is 4.98 Å². The largest absolute Gasteiger partial charge is 0.516 e. The van der Waals surface area contributed by atoms with Gasteiger partial charge in [0.15, 0.2) is 0 Å². The van der Waals surface area contributed by atoms with Crippen molar-refractivity contribution in [2.24, 2.45) is 0 Å². The number of imidazole rings is 1. The van der Waals surface area contributed by atoms with Crippen molar-refractivity contribution in [1.29, 1.82) is 0 Å². The highest BCUT2D eigenvalue weighted by Gasteiger charge is 2.46. The number of aromatic nitrogens is 2. The number of alkyl halides is 3. The Morgan fingerprint density at radius 1 is 0.911 bits per heavy atom. The highest BCUT2D eigenvalue weighted by atomic mass is 35.5. The van der Waals surface area contributed by atoms with E-state index in [9.17, 15) is 31.5 Å². The molecule has 230 valence electrons. The van der Waals surface area contributed by atoms with Gasteiger partial charge in [0.25, 0.3) is 0 Å². The van der Waals surface area contributed by atoms with Crippen LogP contribution in [0.4, 0.5) is 18.9 Å². The summed E-state index contributed by atoms with van der Waals surface area (Å²) in [6.07, 6.45) is 4.69. The average molecular weight is 673 g/mol. The molecule has 0 amide bonds. The maximum Gasteiger partial charge on any atom is 0.516 e. The number of hydrogen-bond acceptors (Lipinski definition) is 4. The smallest absolute Gasteiger partial charge is 0.478 e. The Morgan fingerprint density at radius 2 is 1.62 bits per heavy atom. The minimum Gasteiger partial charge on any atom is -0.478 e. The van der Waals surface area contributed by atoms with Gasteiger partial charge in [-0.25, -0.2) is 9.78 Å². The van der Waals surface area contributed by atoms with Gasteiger partial charge >= 0.3 is 21.5 Å². The van der Waals surface area contributed by atoms with Crippen molar-refractivity contribution < 1.29 is 31.5 Å². The van der Waals surface area contributed by atoms with Crippen LogP contribution in [0.2, 0.25) is 10.0 Å². The summed E-state index contributed by atoms with van der Waals surface area (Å²) >= 11 is 12.5. The molecule has 13 heteroatoms. The standard InChI is InChI=1S/C32H22Cl2F3N3O4S/c33-25-13-14-26(27(34)17-25)29-19-40(18-20-6-8-23(9-7-20)31(41)42)30(38-29)15-12-22-10-11-24(21-4-2-1-3-5-21)16-28(22)39-45(43,44)32(35,36)37/h1-17,19,39H,18H2,(H,41,42)/b15-12+. The van der Waals surface area contributed by atoms with Crippen molar-refractivity contribution in [3.8, 4) is 22.4 Å². The first-order valence-corrected chi connectivity index (χ1v) is 15.4. The number of carbonyl (C=O) groups is 1. The number of carboxylic acids is 1. The SMILES string of the molecule is O=C(O)c1ccc(Cn2cc(-c3ccc(Cl)cc3Cl)nc2/C=C/c2ccc(-c3ccccc3)cc2NS(=O)(=O)C(F)(F)F)cc1. The van der Waals surface area contributed by atoms with Crippen LogP contribution in [0.25, 0.3) is 34.5 Å². The molecule has 1 aromatic heterocycles. The molecule has 0 saturated carbocycles. The summed E-state index contributed by atoms with van der Waals surface area (Å²) in [7, 11) is -5.73. The van der Waals surface area contributed by atoms with Crippen LogP contribution in [0.5, 0.6) is 0 Å². The van der Waals surface area contributed by atoms with Gasteiger partial charge in [-0.1, -0.05) is 77.8 Å². The van der Waals surface area contributed by atoms with E-state index in [0.717, 1.165) is 5.56 Å². The van der Waals surface area contributed by atoms with Crippen molar-refractivity contribution in [2.45, 2.75) is 12.1 Å². The van der Waals surface area contributed by atoms with Gasteiger partial charge in [0.1, 0.15) is 5.82 Å². The van der Waals surface area contributed by atoms with Crippen LogP contribution in [0, 0.1) is 0 Å². The maximum absolute atomic E-state index is 13.3. The van der Waals surface area contributed by atoms with Gasteiger partial charge < -0.3 is 9.67 Å². The number of halogens is 5. The van der Waals surface area contributed by atoms with Gasteiger partial charge in [-0.05, 0) is 70.8 Å². The fourth-order valence-electron chi connectivity index (χ4n) is 4.43. The van der Waals surface area contributed by atoms with E-state index in [1.807, 2.05) is 0 Å². The zero-order chi connectivity index (χ0) is 32.4. The van der Waals surface area contributed by atoms with Crippen molar-refractivity contribution in [3.05, 3.63) is 130 Å². The molecule has 0 aliphatic rings. The Balaban J connectivity index is 1.58. The molecule has 0 aliphatic heterocycles. The molecule has 7 nitrogen and oxygen atoms in total. The molecule has 0 atom stereocenters. The summed E-state index contributed by atoms with van der Waals surface area (Å²) in [6, 6.07) is 24.4. The van der Waals surface area contributed by atoms with Gasteiger partial charge in [0, 0.05) is 23.3 Å². The lowest BCUT2D eigenvalue weighted by Crippen LogP contribution is -2.30. The second-order valence-corrected chi connectivity index (χ2v) is 12.3. The molecule has 45 heavy (non-hydrogen) atoms. The number of aromatic carboxylic acids is 1. The van der Waals surface area contributed by atoms with Crippen LogP contribution in [0.1, 0.15) is 27.3 Å². The fraction of sp³-hybridized carbons (Fsp3) is 0.0625. The van der Waals surface area contributed by atoms with Crippen LogP contribution in [0.3, 0.4) is 0 Å². The topological polar surface area (TPSA) is 101 Å². The molecule has 5 aromatic rings. The van der Waals surface area contributed by atoms with Crippen molar-refractivity contribution in [3.63, 3.8) is 0 Å². The predicted molar refractivity (Wildman–Crippen MR) is 170 cm³/mol. The molecular weight excluding hydrogens is 650 g/mol. The number of carboxylic acid groups (broad SMARTS) is 1. The van der Waals surface area contributed by atoms with E-state index >= 15 is 0 Å². The van der Waals surface area contributed by atoms with E-state index < -0.39 is 21.5 Å². The molecule has 0 radical (unpaired) electrons. The van der Waals surface area contributed by atoms with Gasteiger partial charge in [0.05, 0.1) is 22.0 Å². The number of hydrogen-bond donors (Lipinski definition) is 2. The van der Waals surface area contributed by atoms with E-state index in [1.165, 1.54) is 36.4 Å². The summed E-state index contributed by atoms with van der Waals surface area (Å²) < 4.78 is 67.6. The number of anilines is 1. The second kappa shape index (κ2) is 12.8. The molecule has 0 saturated heterocycles. The van der Waals surface area contributed by atoms with Crippen molar-refractivity contribution >= 4 is 57.0 Å². The van der Waals surface area contributed by atoms with Crippen molar-refractivity contribution in [2.75, 3.05) is 4.72 Å². The quantitative estimate of drug-likeness (QED) is 0.163. The predicted octanol–water partition coefficient (Wildman–Crippen LogP) is 8.70. The van der Waals surface area contributed by atoms with E-state index in [1.54, 1.807) is 82.2 Å². The van der Waals surface area contributed by atoms with Crippen LogP contribution in [-0.4, -0.2) is 34.6 Å². The van der Waals surface area contributed by atoms with Crippen molar-refractivity contribution in [1.82, 2.24) is 9.55 Å². The lowest BCUT2D eigenvalue weighted by atomic mass is 10.0. The van der Waals surface area contributed by atoms with Gasteiger partial charge in [0.2, 0.25) is 0 Å². The highest BCUT2D eigenvalue weighted by molar-refractivity contribution is 7.93. The molecule has 0 spiro atoms. The molecule has 0 aliphatic carbocycles. The average Bonchev–Trinajstić information content (AvgIpc) is 3.38. The van der Waals surface area contributed by atoms with Crippen LogP contribution in [-0.2, 0) is 16.6 Å². The molecule has 5 rings (SSSR count). The first kappa shape index (κ1) is 31.8. The molecular formula is C32H22Cl2F3N3O4S. The molecule has 2 N–H and O–H groups in total. The van der Waals surface area contributed by atoms with Gasteiger partial charge in [-0.3, -0.25) is 4.72 Å². The zero-order valence-electron chi connectivity index (χ0n) is 23.0. The Bertz CT molecular complexity index is 2010. The number of sulfonamides is 1. The molecule has 0 unspecified atom stereocenters. The minimum absolute atomic E-state index is 0.117. The van der Waals surface area contributed by atoms with Gasteiger partial charge in [-0.15, -0.1) is 0 Å². The van der Waals surface area contributed by atoms with E-state index in [-0.39, 0.29) is 23.4 Å². The Kier molecular flexibility index (Phi) is 9.06. The summed E-state index contributed by atoms with van der Waals surface area (Å²) in [4.78, 5) is 16.0. The van der Waals surface area contributed by atoms with Gasteiger partial charge in [-0.2, -0.15) is 21.6 Å². The second-order valence-electron chi connectivity index (χ2n) is 9.79.